The van der Waals surface area contributed by atoms with Gasteiger partial charge in [0.25, 0.3) is 0 Å². The lowest BCUT2D eigenvalue weighted by Crippen LogP contribution is -2.52. The van der Waals surface area contributed by atoms with Crippen LogP contribution in [-0.4, -0.2) is 34.7 Å². The molecule has 1 saturated heterocycles. The molecule has 1 rings (SSSR count). The van der Waals surface area contributed by atoms with Crippen molar-refractivity contribution in [1.82, 2.24) is 4.90 Å². The summed E-state index contributed by atoms with van der Waals surface area (Å²) in [5.74, 6) is 0. The van der Waals surface area contributed by atoms with Gasteiger partial charge in [0, 0.05) is 12.1 Å². The highest BCUT2D eigenvalue weighted by atomic mass is 16.3. The first kappa shape index (κ1) is 11.0. The van der Waals surface area contributed by atoms with Gasteiger partial charge in [-0.1, -0.05) is 13.3 Å². The third-order valence-electron chi connectivity index (χ3n) is 3.16. The quantitative estimate of drug-likeness (QED) is 0.727. The summed E-state index contributed by atoms with van der Waals surface area (Å²) in [4.78, 5) is 2.44. The van der Waals surface area contributed by atoms with Gasteiger partial charge in [0.15, 0.2) is 0 Å². The van der Waals surface area contributed by atoms with Crippen molar-refractivity contribution >= 4 is 0 Å². The van der Waals surface area contributed by atoms with Crippen LogP contribution >= 0.6 is 0 Å². The third-order valence-corrected chi connectivity index (χ3v) is 3.16. The molecule has 0 bridgehead atoms. The Morgan fingerprint density at radius 2 is 2.15 bits per heavy atom. The molecule has 1 fully saturated rings. The molecule has 2 heteroatoms. The molecule has 0 saturated carbocycles. The van der Waals surface area contributed by atoms with Crippen LogP contribution in [0.5, 0.6) is 0 Å². The fraction of sp³-hybridized carbons (Fsp3) is 1.00. The maximum atomic E-state index is 9.57. The molecule has 0 aromatic heterocycles. The fourth-order valence-electron chi connectivity index (χ4n) is 2.01. The van der Waals surface area contributed by atoms with Crippen LogP contribution in [0.3, 0.4) is 0 Å². The second-order valence-corrected chi connectivity index (χ2v) is 4.80. The maximum absolute atomic E-state index is 9.57. The van der Waals surface area contributed by atoms with Crippen LogP contribution in [0.25, 0.3) is 0 Å². The first-order valence-corrected chi connectivity index (χ1v) is 5.49. The minimum Gasteiger partial charge on any atom is -0.392 e. The smallest absolute Gasteiger partial charge is 0.0668 e. The van der Waals surface area contributed by atoms with Gasteiger partial charge in [0.2, 0.25) is 0 Å². The number of β-amino-alcohol motifs (C(OH)–C–C–N with tert-alkyl or cyclic N) is 1. The van der Waals surface area contributed by atoms with Gasteiger partial charge in [-0.2, -0.15) is 0 Å². The van der Waals surface area contributed by atoms with Gasteiger partial charge < -0.3 is 5.11 Å². The van der Waals surface area contributed by atoms with E-state index in [1.165, 1.54) is 12.8 Å². The van der Waals surface area contributed by atoms with Crippen LogP contribution in [0, 0.1) is 0 Å². The number of nitrogens with zero attached hydrogens (tertiary/aromatic N) is 1. The van der Waals surface area contributed by atoms with E-state index in [2.05, 4.69) is 25.7 Å². The van der Waals surface area contributed by atoms with Gasteiger partial charge in [0.05, 0.1) is 6.10 Å². The first-order valence-electron chi connectivity index (χ1n) is 5.49. The Morgan fingerprint density at radius 1 is 1.46 bits per heavy atom. The Hall–Kier alpha value is -0.0800. The van der Waals surface area contributed by atoms with Crippen molar-refractivity contribution in [3.8, 4) is 0 Å². The summed E-state index contributed by atoms with van der Waals surface area (Å²) in [5, 5.41) is 9.57. The van der Waals surface area contributed by atoms with Crippen LogP contribution in [0.2, 0.25) is 0 Å². The summed E-state index contributed by atoms with van der Waals surface area (Å²) in [6.45, 7) is 8.80. The second-order valence-electron chi connectivity index (χ2n) is 4.80. The summed E-state index contributed by atoms with van der Waals surface area (Å²) in [5.41, 5.74) is 0.300. The minimum absolute atomic E-state index is 0.0927. The molecule has 0 aromatic rings. The number of piperidine rings is 1. The van der Waals surface area contributed by atoms with Gasteiger partial charge in [0.1, 0.15) is 0 Å². The van der Waals surface area contributed by atoms with Crippen molar-refractivity contribution in [2.45, 2.75) is 58.1 Å². The number of aliphatic hydroxyl groups is 1. The monoisotopic (exact) mass is 185 g/mol. The Labute approximate surface area is 81.9 Å². The summed E-state index contributed by atoms with van der Waals surface area (Å²) in [6.07, 6.45) is 4.48. The highest BCUT2D eigenvalue weighted by Crippen LogP contribution is 2.27. The van der Waals surface area contributed by atoms with E-state index in [0.717, 1.165) is 25.9 Å². The third kappa shape index (κ3) is 2.96. The summed E-state index contributed by atoms with van der Waals surface area (Å²) < 4.78 is 0. The Balaban J connectivity index is 2.46. The standard InChI is InChI=1S/C11H23NO/c1-4-5-8-12-9-10(13)6-7-11(12,2)3/h10,13H,4-9H2,1-3H3. The predicted molar refractivity (Wildman–Crippen MR) is 55.8 cm³/mol. The topological polar surface area (TPSA) is 23.5 Å². The van der Waals surface area contributed by atoms with E-state index in [9.17, 15) is 5.11 Å². The average molecular weight is 185 g/mol. The van der Waals surface area contributed by atoms with E-state index in [0.29, 0.717) is 5.54 Å². The van der Waals surface area contributed by atoms with Crippen molar-refractivity contribution in [2.24, 2.45) is 0 Å². The van der Waals surface area contributed by atoms with E-state index >= 15 is 0 Å². The second kappa shape index (κ2) is 4.43. The molecule has 1 N–H and O–H groups in total. The van der Waals surface area contributed by atoms with Gasteiger partial charge >= 0.3 is 0 Å². The van der Waals surface area contributed by atoms with Gasteiger partial charge in [-0.25, -0.2) is 0 Å². The number of hydrogen-bond donors (Lipinski definition) is 1. The van der Waals surface area contributed by atoms with Crippen LogP contribution < -0.4 is 0 Å². The molecule has 1 heterocycles. The molecule has 0 amide bonds. The van der Waals surface area contributed by atoms with Crippen molar-refractivity contribution in [1.29, 1.82) is 0 Å². The molecule has 0 spiro atoms. The number of aliphatic hydroxyl groups excluding tert-OH is 1. The van der Waals surface area contributed by atoms with E-state index < -0.39 is 0 Å². The zero-order chi connectivity index (χ0) is 9.90. The van der Waals surface area contributed by atoms with Crippen molar-refractivity contribution in [3.63, 3.8) is 0 Å². The summed E-state index contributed by atoms with van der Waals surface area (Å²) in [7, 11) is 0. The van der Waals surface area contributed by atoms with Crippen LogP contribution in [-0.2, 0) is 0 Å². The zero-order valence-electron chi connectivity index (χ0n) is 9.21. The Morgan fingerprint density at radius 3 is 2.77 bits per heavy atom. The highest BCUT2D eigenvalue weighted by molar-refractivity contribution is 4.88. The van der Waals surface area contributed by atoms with Gasteiger partial charge in [-0.3, -0.25) is 4.90 Å². The predicted octanol–water partition coefficient (Wildman–Crippen LogP) is 2.02. The Kier molecular flexibility index (Phi) is 3.74. The molecule has 1 unspecified atom stereocenters. The number of rotatable bonds is 3. The summed E-state index contributed by atoms with van der Waals surface area (Å²) in [6, 6.07) is 0. The average Bonchev–Trinajstić information content (AvgIpc) is 2.07. The minimum atomic E-state index is -0.0927. The molecule has 1 atom stereocenters. The van der Waals surface area contributed by atoms with Crippen molar-refractivity contribution in [3.05, 3.63) is 0 Å². The van der Waals surface area contributed by atoms with E-state index in [4.69, 9.17) is 0 Å². The molecule has 78 valence electrons. The number of likely N-dealkylation sites (tertiary alicyclic amines) is 1. The first-order chi connectivity index (χ1) is 6.06. The van der Waals surface area contributed by atoms with Crippen LogP contribution in [0.4, 0.5) is 0 Å². The zero-order valence-corrected chi connectivity index (χ0v) is 9.21. The SMILES string of the molecule is CCCCN1CC(O)CCC1(C)C. The molecule has 13 heavy (non-hydrogen) atoms. The number of unbranched alkanes of at least 4 members (excludes halogenated alkanes) is 1. The molecular formula is C11H23NO. The fourth-order valence-corrected chi connectivity index (χ4v) is 2.01. The van der Waals surface area contributed by atoms with Crippen molar-refractivity contribution < 1.29 is 5.11 Å². The highest BCUT2D eigenvalue weighted by Gasteiger charge is 2.32. The lowest BCUT2D eigenvalue weighted by atomic mass is 9.89. The van der Waals surface area contributed by atoms with Gasteiger partial charge in [-0.15, -0.1) is 0 Å². The van der Waals surface area contributed by atoms with E-state index in [-0.39, 0.29) is 6.10 Å². The molecule has 0 radical (unpaired) electrons. The van der Waals surface area contributed by atoms with E-state index in [1.807, 2.05) is 0 Å². The molecule has 0 aliphatic carbocycles. The molecule has 2 nitrogen and oxygen atoms in total. The molecule has 1 aliphatic heterocycles. The number of hydrogen-bond acceptors (Lipinski definition) is 2. The summed E-state index contributed by atoms with van der Waals surface area (Å²) >= 11 is 0. The van der Waals surface area contributed by atoms with Crippen LogP contribution in [0.15, 0.2) is 0 Å². The van der Waals surface area contributed by atoms with Crippen LogP contribution in [0.1, 0.15) is 46.5 Å². The maximum Gasteiger partial charge on any atom is 0.0668 e. The van der Waals surface area contributed by atoms with E-state index in [1.54, 1.807) is 0 Å². The Bertz CT molecular complexity index is 156. The van der Waals surface area contributed by atoms with Crippen molar-refractivity contribution in [2.75, 3.05) is 13.1 Å². The molecular weight excluding hydrogens is 162 g/mol. The normalized spacial score (nSPS) is 29.1. The molecule has 0 aromatic carbocycles. The lowest BCUT2D eigenvalue weighted by molar-refractivity contribution is -0.00487. The van der Waals surface area contributed by atoms with Gasteiger partial charge in [-0.05, 0) is 39.7 Å². The largest absolute Gasteiger partial charge is 0.392 e. The molecule has 1 aliphatic rings. The lowest BCUT2D eigenvalue weighted by Gasteiger charge is -2.44.